The molecule has 4 amide bonds. The molecular formula is C24H20N8O4. The number of piperidine rings is 1. The molecule has 12 heteroatoms. The first-order chi connectivity index (χ1) is 17.4. The summed E-state index contributed by atoms with van der Waals surface area (Å²) in [5.41, 5.74) is 4.19. The van der Waals surface area contributed by atoms with E-state index < -0.39 is 17.9 Å². The number of carbonyl (C=O) groups excluding carboxylic acids is 4. The smallest absolute Gasteiger partial charge is 0.277 e. The number of imidazole rings is 1. The summed E-state index contributed by atoms with van der Waals surface area (Å²) >= 11 is 0. The second kappa shape index (κ2) is 8.12. The van der Waals surface area contributed by atoms with Gasteiger partial charge in [0.15, 0.2) is 5.69 Å². The van der Waals surface area contributed by atoms with Gasteiger partial charge in [0.25, 0.3) is 11.8 Å². The van der Waals surface area contributed by atoms with Crippen molar-refractivity contribution in [1.29, 1.82) is 0 Å². The van der Waals surface area contributed by atoms with E-state index in [1.807, 2.05) is 17.4 Å². The van der Waals surface area contributed by atoms with Crippen LogP contribution in [0.3, 0.4) is 0 Å². The Hall–Kier alpha value is -4.87. The van der Waals surface area contributed by atoms with Gasteiger partial charge in [-0.05, 0) is 42.7 Å². The molecular weight excluding hydrogens is 464 g/mol. The van der Waals surface area contributed by atoms with Crippen LogP contribution in [0.15, 0.2) is 49.1 Å². The minimum absolute atomic E-state index is 0.107. The average molecular weight is 484 g/mol. The van der Waals surface area contributed by atoms with Crippen LogP contribution in [0.1, 0.15) is 44.8 Å². The molecule has 1 atom stereocenters. The molecule has 0 bridgehead atoms. The Balaban J connectivity index is 1.20. The zero-order valence-corrected chi connectivity index (χ0v) is 19.1. The van der Waals surface area contributed by atoms with E-state index in [9.17, 15) is 19.2 Å². The number of carbonyl (C=O) groups is 4. The fraction of sp³-hybridized carbons (Fsp3) is 0.208. The number of amides is 4. The monoisotopic (exact) mass is 484 g/mol. The van der Waals surface area contributed by atoms with Crippen molar-refractivity contribution in [2.24, 2.45) is 0 Å². The summed E-state index contributed by atoms with van der Waals surface area (Å²) in [5.74, 6) is -1.50. The first-order valence-corrected chi connectivity index (χ1v) is 11.3. The van der Waals surface area contributed by atoms with Gasteiger partial charge >= 0.3 is 0 Å². The maximum Gasteiger partial charge on any atom is 0.277 e. The number of hydrogen-bond acceptors (Lipinski definition) is 7. The number of nitrogens with one attached hydrogen (secondary N) is 2. The van der Waals surface area contributed by atoms with Gasteiger partial charge in [-0.1, -0.05) is 11.3 Å². The van der Waals surface area contributed by atoms with Crippen LogP contribution < -0.4 is 10.6 Å². The molecule has 3 aromatic heterocycles. The quantitative estimate of drug-likeness (QED) is 0.415. The van der Waals surface area contributed by atoms with Crippen LogP contribution in [0.25, 0.3) is 11.3 Å². The van der Waals surface area contributed by atoms with Crippen molar-refractivity contribution in [3.63, 3.8) is 0 Å². The number of hydrogen-bond donors (Lipinski definition) is 2. The van der Waals surface area contributed by atoms with Gasteiger partial charge in [-0.3, -0.25) is 24.5 Å². The molecule has 1 saturated heterocycles. The molecule has 0 radical (unpaired) electrons. The number of rotatable bonds is 4. The van der Waals surface area contributed by atoms with E-state index in [1.165, 1.54) is 15.8 Å². The Bertz CT molecular complexity index is 1590. The second-order valence-corrected chi connectivity index (χ2v) is 8.81. The fourth-order valence-electron chi connectivity index (χ4n) is 4.65. The van der Waals surface area contributed by atoms with Crippen LogP contribution in [0.5, 0.6) is 0 Å². The molecule has 12 nitrogen and oxygen atoms in total. The molecule has 180 valence electrons. The van der Waals surface area contributed by atoms with E-state index in [-0.39, 0.29) is 30.5 Å². The summed E-state index contributed by atoms with van der Waals surface area (Å²) in [6.07, 6.45) is 7.22. The molecule has 5 heterocycles. The van der Waals surface area contributed by atoms with Crippen LogP contribution in [-0.4, -0.2) is 58.9 Å². The van der Waals surface area contributed by atoms with Gasteiger partial charge in [0.1, 0.15) is 11.7 Å². The maximum absolute atomic E-state index is 13.1. The number of aryl methyl sites for hydroxylation is 1. The highest BCUT2D eigenvalue weighted by Crippen LogP contribution is 2.29. The van der Waals surface area contributed by atoms with E-state index in [2.05, 4.69) is 25.9 Å². The van der Waals surface area contributed by atoms with Gasteiger partial charge in [-0.15, -0.1) is 5.10 Å². The first-order valence-electron chi connectivity index (χ1n) is 11.3. The average Bonchev–Trinajstić information content (AvgIpc) is 3.59. The van der Waals surface area contributed by atoms with Crippen molar-refractivity contribution in [1.82, 2.24) is 34.6 Å². The molecule has 0 saturated carbocycles. The highest BCUT2D eigenvalue weighted by Gasteiger charge is 2.39. The van der Waals surface area contributed by atoms with Crippen molar-refractivity contribution >= 4 is 35.0 Å². The molecule has 1 aromatic carbocycles. The van der Waals surface area contributed by atoms with Crippen molar-refractivity contribution in [2.45, 2.75) is 32.4 Å². The Morgan fingerprint density at radius 1 is 1.17 bits per heavy atom. The number of benzene rings is 1. The predicted molar refractivity (Wildman–Crippen MR) is 125 cm³/mol. The maximum atomic E-state index is 13.1. The Labute approximate surface area is 203 Å². The predicted octanol–water partition coefficient (Wildman–Crippen LogP) is 1.24. The molecule has 2 aliphatic rings. The van der Waals surface area contributed by atoms with Crippen LogP contribution in [-0.2, 0) is 16.1 Å². The van der Waals surface area contributed by atoms with Gasteiger partial charge in [0, 0.05) is 37.1 Å². The lowest BCUT2D eigenvalue weighted by atomic mass is 10.0. The van der Waals surface area contributed by atoms with Crippen LogP contribution in [0.4, 0.5) is 5.69 Å². The summed E-state index contributed by atoms with van der Waals surface area (Å²) in [6.45, 7) is 2.19. The van der Waals surface area contributed by atoms with Gasteiger partial charge in [0.2, 0.25) is 11.8 Å². The van der Waals surface area contributed by atoms with Gasteiger partial charge in [-0.2, -0.15) is 0 Å². The summed E-state index contributed by atoms with van der Waals surface area (Å²) < 4.78 is 3.24. The summed E-state index contributed by atoms with van der Waals surface area (Å²) in [6, 6.07) is 6.37. The second-order valence-electron chi connectivity index (χ2n) is 8.81. The molecule has 0 aliphatic carbocycles. The third kappa shape index (κ3) is 3.59. The van der Waals surface area contributed by atoms with E-state index in [1.54, 1.807) is 36.8 Å². The third-order valence-corrected chi connectivity index (χ3v) is 6.43. The lowest BCUT2D eigenvalue weighted by Crippen LogP contribution is -2.52. The SMILES string of the molecule is Cc1cc(NC(=O)c2cn(-c3ccc4c(c3)C(=O)N(C3CCC(=O)NC3=O)C4)nn2)cn2ccnc12. The molecule has 1 unspecified atom stereocenters. The molecule has 0 spiro atoms. The minimum atomic E-state index is -0.683. The highest BCUT2D eigenvalue weighted by atomic mass is 16.2. The standard InChI is InChI=1S/C24H20N8O4/c1-13-8-15(11-30-7-6-25-21(13)30)26-22(34)18-12-32(29-28-18)16-3-2-14-10-31(24(36)17(14)9-16)19-4-5-20(33)27-23(19)35/h2-3,6-9,11-12,19H,4-5,10H2,1H3,(H,26,34)(H,27,33,35). The summed E-state index contributed by atoms with van der Waals surface area (Å²) in [4.78, 5) is 55.3. The van der Waals surface area contributed by atoms with Crippen molar-refractivity contribution in [3.8, 4) is 5.69 Å². The zero-order chi connectivity index (χ0) is 25.0. The van der Waals surface area contributed by atoms with Crippen LogP contribution in [0, 0.1) is 6.92 Å². The van der Waals surface area contributed by atoms with E-state index in [0.717, 1.165) is 16.8 Å². The topological polar surface area (TPSA) is 144 Å². The molecule has 6 rings (SSSR count). The summed E-state index contributed by atoms with van der Waals surface area (Å²) in [7, 11) is 0. The molecule has 1 fully saturated rings. The van der Waals surface area contributed by atoms with Gasteiger partial charge in [0.05, 0.1) is 17.6 Å². The highest BCUT2D eigenvalue weighted by molar-refractivity contribution is 6.05. The van der Waals surface area contributed by atoms with Crippen LogP contribution in [0.2, 0.25) is 0 Å². The van der Waals surface area contributed by atoms with E-state index in [4.69, 9.17) is 0 Å². The minimum Gasteiger partial charge on any atom is -0.322 e. The number of fused-ring (bicyclic) bond motifs is 2. The lowest BCUT2D eigenvalue weighted by molar-refractivity contribution is -0.136. The van der Waals surface area contributed by atoms with Gasteiger partial charge < -0.3 is 14.6 Å². The fourth-order valence-corrected chi connectivity index (χ4v) is 4.65. The van der Waals surface area contributed by atoms with Gasteiger partial charge in [-0.25, -0.2) is 9.67 Å². The number of aromatic nitrogens is 5. The summed E-state index contributed by atoms with van der Waals surface area (Å²) in [5, 5.41) is 13.1. The molecule has 4 aromatic rings. The van der Waals surface area contributed by atoms with E-state index >= 15 is 0 Å². The molecule has 2 N–H and O–H groups in total. The molecule has 36 heavy (non-hydrogen) atoms. The van der Waals surface area contributed by atoms with E-state index in [0.29, 0.717) is 23.4 Å². The number of pyridine rings is 1. The number of anilines is 1. The van der Waals surface area contributed by atoms with Crippen molar-refractivity contribution in [2.75, 3.05) is 5.32 Å². The number of imide groups is 1. The first kappa shape index (κ1) is 21.6. The van der Waals surface area contributed by atoms with Crippen LogP contribution >= 0.6 is 0 Å². The largest absolute Gasteiger partial charge is 0.322 e. The zero-order valence-electron chi connectivity index (χ0n) is 19.1. The molecule has 2 aliphatic heterocycles. The lowest BCUT2D eigenvalue weighted by Gasteiger charge is -2.29. The Morgan fingerprint density at radius 3 is 2.86 bits per heavy atom. The normalized spacial score (nSPS) is 17.4. The van der Waals surface area contributed by atoms with Crippen molar-refractivity contribution in [3.05, 3.63) is 71.4 Å². The third-order valence-electron chi connectivity index (χ3n) is 6.43. The Morgan fingerprint density at radius 2 is 2.03 bits per heavy atom. The Kier molecular flexibility index (Phi) is 4.88. The number of nitrogens with zero attached hydrogens (tertiary/aromatic N) is 6. The van der Waals surface area contributed by atoms with Crippen molar-refractivity contribution < 1.29 is 19.2 Å².